The Morgan fingerprint density at radius 2 is 1.66 bits per heavy atom. The van der Waals surface area contributed by atoms with Crippen LogP contribution in [0.2, 0.25) is 0 Å². The molecule has 0 aromatic heterocycles. The molecule has 0 spiro atoms. The van der Waals surface area contributed by atoms with Gasteiger partial charge in [0.2, 0.25) is 5.91 Å². The van der Waals surface area contributed by atoms with Gasteiger partial charge in [-0.05, 0) is 60.9 Å². The fraction of sp³-hybridized carbons (Fsp3) is 0.364. The third kappa shape index (κ3) is 3.08. The molecule has 1 aliphatic heterocycles. The van der Waals surface area contributed by atoms with Gasteiger partial charge in [-0.3, -0.25) is 9.59 Å². The smallest absolute Gasteiger partial charge is 0.310 e. The zero-order valence-electron chi connectivity index (χ0n) is 15.7. The van der Waals surface area contributed by atoms with Gasteiger partial charge in [0.25, 0.3) is 0 Å². The lowest BCUT2D eigenvalue weighted by Gasteiger charge is -2.27. The summed E-state index contributed by atoms with van der Waals surface area (Å²) >= 11 is 3.64. The zero-order chi connectivity index (χ0) is 20.1. The Balaban J connectivity index is 1.25. The minimum absolute atomic E-state index is 0.0613. The topological polar surface area (TPSA) is 73.9 Å². The summed E-state index contributed by atoms with van der Waals surface area (Å²) in [6.07, 6.45) is 0.792. The molecule has 7 heteroatoms. The van der Waals surface area contributed by atoms with Crippen LogP contribution in [0.3, 0.4) is 0 Å². The molecule has 2 aromatic rings. The highest BCUT2D eigenvalue weighted by Gasteiger charge is 2.67. The maximum Gasteiger partial charge on any atom is 0.310 e. The molecule has 1 heterocycles. The van der Waals surface area contributed by atoms with Gasteiger partial charge in [-0.25, -0.2) is 0 Å². The number of carbonyl (C=O) groups excluding carboxylic acids is 2. The Morgan fingerprint density at radius 1 is 1.03 bits per heavy atom. The van der Waals surface area contributed by atoms with Crippen molar-refractivity contribution in [1.29, 1.82) is 0 Å². The molecule has 3 aliphatic rings. The van der Waals surface area contributed by atoms with E-state index in [9.17, 15) is 9.59 Å². The van der Waals surface area contributed by atoms with Crippen molar-refractivity contribution >= 4 is 33.5 Å². The van der Waals surface area contributed by atoms with Gasteiger partial charge in [0, 0.05) is 11.6 Å². The van der Waals surface area contributed by atoms with E-state index < -0.39 is 0 Å². The van der Waals surface area contributed by atoms with Crippen LogP contribution in [0.5, 0.6) is 17.2 Å². The van der Waals surface area contributed by atoms with E-state index in [-0.39, 0.29) is 46.5 Å². The number of halogens is 1. The summed E-state index contributed by atoms with van der Waals surface area (Å²) in [6.45, 7) is 0. The summed E-state index contributed by atoms with van der Waals surface area (Å²) < 4.78 is 16.4. The van der Waals surface area contributed by atoms with Crippen molar-refractivity contribution < 1.29 is 23.8 Å². The van der Waals surface area contributed by atoms with Crippen LogP contribution in [0.25, 0.3) is 0 Å². The summed E-state index contributed by atoms with van der Waals surface area (Å²) in [5.74, 6) is 1.42. The molecule has 2 aromatic carbocycles. The molecule has 29 heavy (non-hydrogen) atoms. The van der Waals surface area contributed by atoms with Gasteiger partial charge in [-0.2, -0.15) is 0 Å². The van der Waals surface area contributed by atoms with Gasteiger partial charge in [0.15, 0.2) is 0 Å². The predicted molar refractivity (Wildman–Crippen MR) is 109 cm³/mol. The van der Waals surface area contributed by atoms with E-state index in [0.29, 0.717) is 17.2 Å². The quantitative estimate of drug-likeness (QED) is 0.542. The molecule has 1 saturated heterocycles. The molecule has 0 radical (unpaired) electrons. The zero-order valence-corrected chi connectivity index (χ0v) is 17.3. The SMILES string of the molecule is COc1ccc(Oc2ccc(NC(=O)[C@@H]3[C@H]4C[C@H]5[C@H](OC(=O)[C@H]53)[C@H]4Br)cc2)cc1. The third-order valence-electron chi connectivity index (χ3n) is 6.24. The first-order valence-electron chi connectivity index (χ1n) is 9.62. The summed E-state index contributed by atoms with van der Waals surface area (Å²) in [6, 6.07) is 14.5. The van der Waals surface area contributed by atoms with E-state index in [1.54, 1.807) is 31.4 Å². The van der Waals surface area contributed by atoms with Crippen LogP contribution in [0, 0.1) is 23.7 Å². The van der Waals surface area contributed by atoms with Crippen molar-refractivity contribution in [2.24, 2.45) is 23.7 Å². The lowest BCUT2D eigenvalue weighted by molar-refractivity contribution is -0.145. The maximum absolute atomic E-state index is 12.9. The second-order valence-electron chi connectivity index (χ2n) is 7.75. The number of esters is 1. The summed E-state index contributed by atoms with van der Waals surface area (Å²) in [4.78, 5) is 25.2. The highest BCUT2D eigenvalue weighted by Crippen LogP contribution is 2.60. The number of nitrogens with one attached hydrogen (secondary N) is 1. The van der Waals surface area contributed by atoms with Crippen molar-refractivity contribution in [2.45, 2.75) is 17.4 Å². The van der Waals surface area contributed by atoms with Crippen LogP contribution >= 0.6 is 15.9 Å². The standard InChI is InChI=1S/C22H20BrNO5/c1-27-12-6-8-14(9-7-12)28-13-4-2-11(3-5-13)24-21(25)17-15-10-16-18(17)22(26)29-20(16)19(15)23/h2-9,15-20H,10H2,1H3,(H,24,25)/t15-,16-,17-,18-,19+,20+/m1/s1. The Kier molecular flexibility index (Phi) is 4.50. The van der Waals surface area contributed by atoms with Gasteiger partial charge < -0.3 is 19.5 Å². The number of amides is 1. The first kappa shape index (κ1) is 18.5. The number of benzene rings is 2. The maximum atomic E-state index is 12.9. The minimum Gasteiger partial charge on any atom is -0.497 e. The molecule has 3 fully saturated rings. The fourth-order valence-corrected chi connectivity index (χ4v) is 5.99. The number of hydrogen-bond acceptors (Lipinski definition) is 5. The van der Waals surface area contributed by atoms with E-state index in [4.69, 9.17) is 14.2 Å². The highest BCUT2D eigenvalue weighted by molar-refractivity contribution is 9.09. The average molecular weight is 458 g/mol. The molecule has 2 saturated carbocycles. The first-order chi connectivity index (χ1) is 14.0. The van der Waals surface area contributed by atoms with E-state index in [1.165, 1.54) is 0 Å². The molecule has 2 bridgehead atoms. The number of rotatable bonds is 5. The predicted octanol–water partition coefficient (Wildman–Crippen LogP) is 4.00. The lowest BCUT2D eigenvalue weighted by atomic mass is 9.79. The van der Waals surface area contributed by atoms with E-state index in [2.05, 4.69) is 21.2 Å². The third-order valence-corrected chi connectivity index (χ3v) is 7.44. The van der Waals surface area contributed by atoms with Gasteiger partial charge in [-0.15, -0.1) is 0 Å². The number of ether oxygens (including phenoxy) is 3. The van der Waals surface area contributed by atoms with Crippen LogP contribution in [0.4, 0.5) is 5.69 Å². The summed E-state index contributed by atoms with van der Waals surface area (Å²) in [7, 11) is 1.62. The van der Waals surface area contributed by atoms with Crippen molar-refractivity contribution in [3.8, 4) is 17.2 Å². The molecule has 1 N–H and O–H groups in total. The molecule has 2 aliphatic carbocycles. The van der Waals surface area contributed by atoms with E-state index in [0.717, 1.165) is 12.2 Å². The molecule has 150 valence electrons. The molecule has 5 rings (SSSR count). The van der Waals surface area contributed by atoms with Crippen LogP contribution in [-0.4, -0.2) is 29.9 Å². The van der Waals surface area contributed by atoms with E-state index >= 15 is 0 Å². The Hall–Kier alpha value is -2.54. The van der Waals surface area contributed by atoms with Gasteiger partial charge >= 0.3 is 5.97 Å². The minimum atomic E-state index is -0.342. The molecule has 1 amide bonds. The van der Waals surface area contributed by atoms with E-state index in [1.807, 2.05) is 24.3 Å². The van der Waals surface area contributed by atoms with Crippen LogP contribution in [0.1, 0.15) is 6.42 Å². The molecule has 6 atom stereocenters. The Morgan fingerprint density at radius 3 is 2.31 bits per heavy atom. The second kappa shape index (κ2) is 7.06. The molecule has 0 unspecified atom stereocenters. The number of carbonyl (C=O) groups is 2. The Labute approximate surface area is 176 Å². The first-order valence-corrected chi connectivity index (χ1v) is 10.5. The van der Waals surface area contributed by atoms with Crippen molar-refractivity contribution in [3.63, 3.8) is 0 Å². The summed E-state index contributed by atoms with van der Waals surface area (Å²) in [5, 5.41) is 2.96. The monoisotopic (exact) mass is 457 g/mol. The largest absolute Gasteiger partial charge is 0.497 e. The molecule has 6 nitrogen and oxygen atoms in total. The average Bonchev–Trinajstić information content (AvgIpc) is 3.34. The number of fused-ring (bicyclic) bond motifs is 1. The van der Waals surface area contributed by atoms with Gasteiger partial charge in [0.1, 0.15) is 23.4 Å². The fourth-order valence-electron chi connectivity index (χ4n) is 4.94. The lowest BCUT2D eigenvalue weighted by Crippen LogP contribution is -2.40. The summed E-state index contributed by atoms with van der Waals surface area (Å²) in [5.41, 5.74) is 0.675. The van der Waals surface area contributed by atoms with Crippen molar-refractivity contribution in [3.05, 3.63) is 48.5 Å². The van der Waals surface area contributed by atoms with Crippen molar-refractivity contribution in [1.82, 2.24) is 0 Å². The number of alkyl halides is 1. The number of anilines is 1. The molecular formula is C22H20BrNO5. The molecular weight excluding hydrogens is 438 g/mol. The number of hydrogen-bond donors (Lipinski definition) is 1. The normalized spacial score (nSPS) is 31.4. The van der Waals surface area contributed by atoms with Crippen LogP contribution < -0.4 is 14.8 Å². The second-order valence-corrected chi connectivity index (χ2v) is 8.81. The van der Waals surface area contributed by atoms with Gasteiger partial charge in [0.05, 0.1) is 23.8 Å². The van der Waals surface area contributed by atoms with Crippen molar-refractivity contribution in [2.75, 3.05) is 12.4 Å². The Bertz CT molecular complexity index is 945. The van der Waals surface area contributed by atoms with Crippen LogP contribution in [0.15, 0.2) is 48.5 Å². The van der Waals surface area contributed by atoms with Crippen LogP contribution in [-0.2, 0) is 14.3 Å². The van der Waals surface area contributed by atoms with Gasteiger partial charge in [-0.1, -0.05) is 15.9 Å². The highest BCUT2D eigenvalue weighted by atomic mass is 79.9. The number of methoxy groups -OCH3 is 1.